The molecule has 1 heterocycles. The highest BCUT2D eigenvalue weighted by atomic mass is 16.7. The second-order valence-corrected chi connectivity index (χ2v) is 7.27. The van der Waals surface area contributed by atoms with E-state index in [0.29, 0.717) is 19.6 Å². The highest BCUT2D eigenvalue weighted by Gasteiger charge is 2.61. The van der Waals surface area contributed by atoms with Crippen LogP contribution < -0.4 is 0 Å². The van der Waals surface area contributed by atoms with E-state index in [1.54, 1.807) is 0 Å². The van der Waals surface area contributed by atoms with Gasteiger partial charge in [0.15, 0.2) is 6.29 Å². The minimum Gasteiger partial charge on any atom is -0.348 e. The number of nitriles is 1. The Hall–Kier alpha value is -1.26. The highest BCUT2D eigenvalue weighted by molar-refractivity contribution is 5.93. The number of fused-ring (bicyclic) bond motifs is 2. The standard InChI is InChI=1S/C17H23NO5/c1-16(2)8-22-15(23-9-16)12-6-11-10(7-18)5-13(12)17(20-3,21-4)14(11)19/h6,10-11,13,15H,5,8-9H2,1-4H3/t10-,11+,13-/m1/s1. The number of ketones is 1. The quantitative estimate of drug-likeness (QED) is 0.581. The van der Waals surface area contributed by atoms with Gasteiger partial charge in [0.25, 0.3) is 0 Å². The Morgan fingerprint density at radius 3 is 2.39 bits per heavy atom. The Kier molecular flexibility index (Phi) is 4.09. The molecule has 0 aromatic carbocycles. The molecule has 23 heavy (non-hydrogen) atoms. The molecular formula is C17H23NO5. The number of carbonyl (C=O) groups is 1. The van der Waals surface area contributed by atoms with Gasteiger partial charge in [-0.3, -0.25) is 4.79 Å². The molecule has 0 amide bonds. The molecule has 3 atom stereocenters. The van der Waals surface area contributed by atoms with E-state index in [1.807, 2.05) is 6.08 Å². The number of hydrogen-bond acceptors (Lipinski definition) is 6. The zero-order chi connectivity index (χ0) is 16.8. The summed E-state index contributed by atoms with van der Waals surface area (Å²) in [5, 5.41) is 9.34. The maximum absolute atomic E-state index is 12.7. The van der Waals surface area contributed by atoms with Gasteiger partial charge in [-0.25, -0.2) is 0 Å². The molecule has 3 aliphatic carbocycles. The fourth-order valence-corrected chi connectivity index (χ4v) is 3.84. The zero-order valence-electron chi connectivity index (χ0n) is 14.0. The number of methoxy groups -OCH3 is 2. The molecule has 4 aliphatic rings. The third kappa shape index (κ3) is 2.43. The first kappa shape index (κ1) is 16.6. The number of rotatable bonds is 3. The summed E-state index contributed by atoms with van der Waals surface area (Å²) < 4.78 is 22.7. The number of ether oxygens (including phenoxy) is 4. The molecular weight excluding hydrogens is 298 g/mol. The average Bonchev–Trinajstić information content (AvgIpc) is 2.55. The van der Waals surface area contributed by atoms with Crippen molar-refractivity contribution in [3.8, 4) is 6.07 Å². The van der Waals surface area contributed by atoms with Gasteiger partial charge in [-0.15, -0.1) is 0 Å². The van der Waals surface area contributed by atoms with Crippen LogP contribution in [0.4, 0.5) is 0 Å². The monoisotopic (exact) mass is 321 g/mol. The van der Waals surface area contributed by atoms with Crippen LogP contribution in [0.15, 0.2) is 11.6 Å². The normalized spacial score (nSPS) is 35.7. The number of nitrogens with zero attached hydrogens (tertiary/aromatic N) is 1. The van der Waals surface area contributed by atoms with E-state index in [2.05, 4.69) is 19.9 Å². The van der Waals surface area contributed by atoms with Gasteiger partial charge in [0.05, 0.1) is 31.1 Å². The largest absolute Gasteiger partial charge is 0.348 e. The van der Waals surface area contributed by atoms with Crippen LogP contribution in [0.5, 0.6) is 0 Å². The third-order valence-electron chi connectivity index (χ3n) is 5.10. The second kappa shape index (κ2) is 5.67. The van der Waals surface area contributed by atoms with Gasteiger partial charge < -0.3 is 18.9 Å². The molecule has 0 aromatic heterocycles. The second-order valence-electron chi connectivity index (χ2n) is 7.27. The van der Waals surface area contributed by atoms with Gasteiger partial charge in [0.2, 0.25) is 11.6 Å². The van der Waals surface area contributed by atoms with E-state index in [4.69, 9.17) is 18.9 Å². The van der Waals surface area contributed by atoms with E-state index >= 15 is 0 Å². The van der Waals surface area contributed by atoms with Crippen LogP contribution in [0, 0.1) is 34.5 Å². The van der Waals surface area contributed by atoms with Crippen LogP contribution in [-0.4, -0.2) is 45.3 Å². The molecule has 0 spiro atoms. The fourth-order valence-electron chi connectivity index (χ4n) is 3.84. The van der Waals surface area contributed by atoms with Crippen LogP contribution in [-0.2, 0) is 23.7 Å². The van der Waals surface area contributed by atoms with Crippen molar-refractivity contribution in [3.63, 3.8) is 0 Å². The van der Waals surface area contributed by atoms with Crippen molar-refractivity contribution in [2.24, 2.45) is 23.2 Å². The molecule has 1 saturated carbocycles. The minimum atomic E-state index is -1.35. The van der Waals surface area contributed by atoms with Crippen molar-refractivity contribution in [3.05, 3.63) is 11.6 Å². The van der Waals surface area contributed by atoms with E-state index in [1.165, 1.54) is 14.2 Å². The van der Waals surface area contributed by atoms with Crippen LogP contribution in [0.25, 0.3) is 0 Å². The fraction of sp³-hybridized carbons (Fsp3) is 0.765. The lowest BCUT2D eigenvalue weighted by Crippen LogP contribution is -2.62. The van der Waals surface area contributed by atoms with Gasteiger partial charge in [-0.05, 0) is 12.0 Å². The van der Waals surface area contributed by atoms with Crippen molar-refractivity contribution in [2.45, 2.75) is 32.3 Å². The van der Waals surface area contributed by atoms with E-state index in [-0.39, 0.29) is 23.0 Å². The van der Waals surface area contributed by atoms with Gasteiger partial charge in [-0.1, -0.05) is 19.9 Å². The minimum absolute atomic E-state index is 0.0324. The summed E-state index contributed by atoms with van der Waals surface area (Å²) in [7, 11) is 2.93. The lowest BCUT2D eigenvalue weighted by Gasteiger charge is -2.51. The lowest BCUT2D eigenvalue weighted by molar-refractivity contribution is -0.255. The maximum atomic E-state index is 12.7. The molecule has 0 radical (unpaired) electrons. The molecule has 0 unspecified atom stereocenters. The molecule has 4 rings (SSSR count). The predicted molar refractivity (Wildman–Crippen MR) is 80.0 cm³/mol. The average molecular weight is 321 g/mol. The first-order valence-corrected chi connectivity index (χ1v) is 7.87. The van der Waals surface area contributed by atoms with Crippen molar-refractivity contribution >= 4 is 5.78 Å². The topological polar surface area (TPSA) is 77.8 Å². The molecule has 0 N–H and O–H groups in total. The Bertz CT molecular complexity index is 562. The van der Waals surface area contributed by atoms with E-state index in [0.717, 1.165) is 5.57 Å². The molecule has 126 valence electrons. The summed E-state index contributed by atoms with van der Waals surface area (Å²) in [6.45, 7) is 5.31. The molecule has 2 bridgehead atoms. The first-order valence-electron chi connectivity index (χ1n) is 7.87. The van der Waals surface area contributed by atoms with Crippen molar-refractivity contribution in [1.82, 2.24) is 0 Å². The molecule has 1 saturated heterocycles. The van der Waals surface area contributed by atoms with E-state index < -0.39 is 18.0 Å². The Morgan fingerprint density at radius 2 is 1.87 bits per heavy atom. The van der Waals surface area contributed by atoms with Crippen LogP contribution in [0.3, 0.4) is 0 Å². The smallest absolute Gasteiger partial charge is 0.236 e. The van der Waals surface area contributed by atoms with Gasteiger partial charge in [0, 0.05) is 25.6 Å². The third-order valence-corrected chi connectivity index (χ3v) is 5.10. The molecule has 0 aromatic rings. The summed E-state index contributed by atoms with van der Waals surface area (Å²) in [5.74, 6) is -2.80. The predicted octanol–water partition coefficient (Wildman–Crippen LogP) is 1.66. The van der Waals surface area contributed by atoms with Crippen LogP contribution >= 0.6 is 0 Å². The van der Waals surface area contributed by atoms with Gasteiger partial charge >= 0.3 is 0 Å². The molecule has 2 fully saturated rings. The zero-order valence-corrected chi connectivity index (χ0v) is 14.0. The van der Waals surface area contributed by atoms with Crippen LogP contribution in [0.1, 0.15) is 20.3 Å². The number of allylic oxidation sites excluding steroid dienone is 1. The van der Waals surface area contributed by atoms with Gasteiger partial charge in [-0.2, -0.15) is 5.26 Å². The van der Waals surface area contributed by atoms with Crippen LogP contribution in [0.2, 0.25) is 0 Å². The Morgan fingerprint density at radius 1 is 1.26 bits per heavy atom. The SMILES string of the molecule is COC1(OC)C(=O)[C@H]2C=C(C3OCC(C)(C)CO3)[C@H]1C[C@@H]2C#N. The van der Waals surface area contributed by atoms with Crippen molar-refractivity contribution < 1.29 is 23.7 Å². The van der Waals surface area contributed by atoms with Crippen molar-refractivity contribution in [1.29, 1.82) is 5.26 Å². The Labute approximate surface area is 136 Å². The summed E-state index contributed by atoms with van der Waals surface area (Å²) in [6.07, 6.45) is 1.84. The molecule has 6 heteroatoms. The van der Waals surface area contributed by atoms with Gasteiger partial charge in [0.1, 0.15) is 0 Å². The Balaban J connectivity index is 1.94. The first-order chi connectivity index (χ1) is 10.9. The number of Topliss-reactive ketones (excluding diaryl/α,β-unsaturated/α-hetero) is 1. The summed E-state index contributed by atoms with van der Waals surface area (Å²) >= 11 is 0. The maximum Gasteiger partial charge on any atom is 0.236 e. The molecule has 6 nitrogen and oxygen atoms in total. The number of carbonyl (C=O) groups excluding carboxylic acids is 1. The molecule has 1 aliphatic heterocycles. The highest BCUT2D eigenvalue weighted by Crippen LogP contribution is 2.51. The van der Waals surface area contributed by atoms with E-state index in [9.17, 15) is 10.1 Å². The number of hydrogen-bond donors (Lipinski definition) is 0. The lowest BCUT2D eigenvalue weighted by atomic mass is 9.61. The summed E-state index contributed by atoms with van der Waals surface area (Å²) in [4.78, 5) is 12.7. The summed E-state index contributed by atoms with van der Waals surface area (Å²) in [5.41, 5.74) is 0.829. The van der Waals surface area contributed by atoms with Crippen molar-refractivity contribution in [2.75, 3.05) is 27.4 Å². The summed E-state index contributed by atoms with van der Waals surface area (Å²) in [6, 6.07) is 2.23.